The summed E-state index contributed by atoms with van der Waals surface area (Å²) < 4.78 is 0. The van der Waals surface area contributed by atoms with Gasteiger partial charge in [-0.25, -0.2) is 34.9 Å². The van der Waals surface area contributed by atoms with E-state index >= 15 is 0 Å². The van der Waals surface area contributed by atoms with Crippen LogP contribution in [0, 0.1) is 0 Å². The third-order valence-electron chi connectivity index (χ3n) is 19.2. The predicted molar refractivity (Wildman–Crippen MR) is 427 cm³/mol. The smallest absolute Gasteiger partial charge is 0.164 e. The number of pyridine rings is 2. The lowest BCUT2D eigenvalue weighted by molar-refractivity contribution is 0.766. The minimum Gasteiger partial charge on any atom is -0.247 e. The van der Waals surface area contributed by atoms with E-state index in [-0.39, 0.29) is 0 Å². The van der Waals surface area contributed by atoms with Gasteiger partial charge in [0.1, 0.15) is 22.1 Å². The van der Waals surface area contributed by atoms with Crippen molar-refractivity contribution in [3.8, 4) is 124 Å². The highest BCUT2D eigenvalue weighted by Gasteiger charge is 2.21. The van der Waals surface area contributed by atoms with Gasteiger partial charge in [0.25, 0.3) is 0 Å². The summed E-state index contributed by atoms with van der Waals surface area (Å²) in [6.45, 7) is 0. The zero-order valence-electron chi connectivity index (χ0n) is 56.9. The number of benzene rings is 14. The molecule has 0 aliphatic rings. The maximum Gasteiger partial charge on any atom is 0.164 e. The van der Waals surface area contributed by atoms with Gasteiger partial charge in [0.15, 0.2) is 23.3 Å². The lowest BCUT2D eigenvalue weighted by Gasteiger charge is -2.12. The largest absolute Gasteiger partial charge is 0.247 e. The Morgan fingerprint density at radius 2 is 0.462 bits per heavy atom. The molecule has 20 aromatic rings. The lowest BCUT2D eigenvalue weighted by atomic mass is 9.96. The summed E-state index contributed by atoms with van der Waals surface area (Å²) >= 11 is 0. The van der Waals surface area contributed by atoms with E-state index < -0.39 is 0 Å². The van der Waals surface area contributed by atoms with Crippen LogP contribution >= 0.6 is 0 Å². The van der Waals surface area contributed by atoms with Crippen LogP contribution in [0.4, 0.5) is 0 Å². The Kier molecular flexibility index (Phi) is 15.9. The van der Waals surface area contributed by atoms with Crippen LogP contribution < -0.4 is 0 Å². The Labute approximate surface area is 608 Å². The second kappa shape index (κ2) is 27.0. The standard InChI is InChI=1S/C47H30N6.C46H29N7/c1-5-13-32(14-6-1)41-30-42(50-47(49-41)35-17-9-3-10-18-35)33-23-21-31(22-24-33)36-25-26-38-43(29-36)48-45(34-15-7-2-8-16-34)39-27-28-40-46(44(38)39)52-53(51-40)37-19-11-4-12-20-37;1-5-13-31(14-6-1)42-38-27-28-39-43(52-53(51-39)36-19-11-4-12-20-36)41(38)37-26-25-35(29-40(37)47-42)30-21-23-34(24-22-30)46-49-44(32-15-7-2-8-16-32)48-45(50-46)33-17-9-3-10-18-33/h1-30H;1-29H. The zero-order valence-corrected chi connectivity index (χ0v) is 56.9. The molecule has 0 atom stereocenters. The molecular weight excluding hydrogens is 1300 g/mol. The summed E-state index contributed by atoms with van der Waals surface area (Å²) in [5.74, 6) is 2.60. The van der Waals surface area contributed by atoms with E-state index in [4.69, 9.17) is 55.3 Å². The van der Waals surface area contributed by atoms with E-state index in [1.54, 1.807) is 9.59 Å². The van der Waals surface area contributed by atoms with Crippen molar-refractivity contribution in [3.05, 3.63) is 358 Å². The second-order valence-corrected chi connectivity index (χ2v) is 25.9. The molecule has 0 bridgehead atoms. The number of hydrogen-bond donors (Lipinski definition) is 0. The lowest BCUT2D eigenvalue weighted by Crippen LogP contribution is -2.00. The van der Waals surface area contributed by atoms with E-state index in [0.29, 0.717) is 23.3 Å². The van der Waals surface area contributed by atoms with E-state index in [1.165, 1.54) is 0 Å². The Balaban J connectivity index is 0.000000145. The molecule has 0 fully saturated rings. The summed E-state index contributed by atoms with van der Waals surface area (Å²) in [6.07, 6.45) is 0. The van der Waals surface area contributed by atoms with E-state index in [0.717, 1.165) is 166 Å². The van der Waals surface area contributed by atoms with Crippen molar-refractivity contribution in [2.24, 2.45) is 0 Å². The molecule has 106 heavy (non-hydrogen) atoms. The fourth-order valence-electron chi connectivity index (χ4n) is 13.9. The van der Waals surface area contributed by atoms with Crippen LogP contribution in [0.1, 0.15) is 0 Å². The van der Waals surface area contributed by atoms with Gasteiger partial charge in [-0.3, -0.25) is 0 Å². The molecule has 13 heteroatoms. The SMILES string of the molecule is c1ccc(-c2cc(-c3ccc(-c4ccc5c(c4)nc(-c4ccccc4)c4ccc6nn(-c7ccccc7)nc6c45)cc3)nc(-c3ccccc3)n2)cc1.c1ccc(-c2nc(-c3ccccc3)nc(-c3ccc(-c4ccc5c(c4)nc(-c4ccccc4)c4ccc6nn(-c7ccccc7)nc6c45)cc3)n2)cc1. The molecule has 0 N–H and O–H groups in total. The van der Waals surface area contributed by atoms with Gasteiger partial charge in [-0.2, -0.15) is 9.59 Å². The first-order valence-electron chi connectivity index (χ1n) is 35.1. The van der Waals surface area contributed by atoms with Crippen LogP contribution in [0.2, 0.25) is 0 Å². The minimum absolute atomic E-state index is 0.621. The van der Waals surface area contributed by atoms with Crippen LogP contribution in [0.3, 0.4) is 0 Å². The molecule has 0 amide bonds. The number of rotatable bonds is 12. The molecule has 0 saturated heterocycles. The highest BCUT2D eigenvalue weighted by atomic mass is 15.5. The third-order valence-corrected chi connectivity index (χ3v) is 19.2. The molecule has 6 aromatic heterocycles. The molecule has 496 valence electrons. The number of fused-ring (bicyclic) bond motifs is 10. The summed E-state index contributed by atoms with van der Waals surface area (Å²) in [4.78, 5) is 38.7. The van der Waals surface area contributed by atoms with Crippen molar-refractivity contribution >= 4 is 65.4 Å². The number of aromatic nitrogens is 13. The summed E-state index contributed by atoms with van der Waals surface area (Å²) in [5.41, 5.74) is 22.8. The Hall–Kier alpha value is -14.7. The molecular formula is C93H59N13. The van der Waals surface area contributed by atoms with Crippen molar-refractivity contribution in [2.75, 3.05) is 0 Å². The fraction of sp³-hybridized carbons (Fsp3) is 0. The van der Waals surface area contributed by atoms with E-state index in [2.05, 4.69) is 152 Å². The van der Waals surface area contributed by atoms with Crippen LogP contribution in [0.5, 0.6) is 0 Å². The van der Waals surface area contributed by atoms with Crippen molar-refractivity contribution in [1.82, 2.24) is 64.9 Å². The fourth-order valence-corrected chi connectivity index (χ4v) is 13.9. The van der Waals surface area contributed by atoms with Crippen molar-refractivity contribution in [2.45, 2.75) is 0 Å². The average Bonchev–Trinajstić information content (AvgIpc) is 1.36. The van der Waals surface area contributed by atoms with Gasteiger partial charge in [0.05, 0.1) is 45.2 Å². The first kappa shape index (κ1) is 62.3. The van der Waals surface area contributed by atoms with Crippen molar-refractivity contribution in [3.63, 3.8) is 0 Å². The Morgan fingerprint density at radius 1 is 0.179 bits per heavy atom. The minimum atomic E-state index is 0.621. The highest BCUT2D eigenvalue weighted by molar-refractivity contribution is 6.22. The molecule has 0 unspecified atom stereocenters. The van der Waals surface area contributed by atoms with Gasteiger partial charge < -0.3 is 0 Å². The maximum atomic E-state index is 5.30. The maximum absolute atomic E-state index is 5.30. The summed E-state index contributed by atoms with van der Waals surface area (Å²) in [7, 11) is 0. The normalized spacial score (nSPS) is 11.4. The monoisotopic (exact) mass is 1360 g/mol. The van der Waals surface area contributed by atoms with Crippen LogP contribution in [-0.4, -0.2) is 64.9 Å². The topological polar surface area (TPSA) is 152 Å². The molecule has 20 rings (SSSR count). The number of hydrogen-bond acceptors (Lipinski definition) is 11. The summed E-state index contributed by atoms with van der Waals surface area (Å²) in [5, 5.41) is 26.0. The molecule has 0 radical (unpaired) electrons. The first-order chi connectivity index (χ1) is 52.5. The van der Waals surface area contributed by atoms with Gasteiger partial charge in [0, 0.05) is 76.8 Å². The predicted octanol–water partition coefficient (Wildman–Crippen LogP) is 21.9. The van der Waals surface area contributed by atoms with Gasteiger partial charge >= 0.3 is 0 Å². The first-order valence-corrected chi connectivity index (χ1v) is 35.1. The van der Waals surface area contributed by atoms with Gasteiger partial charge in [0.2, 0.25) is 0 Å². The number of para-hydroxylation sites is 2. The molecule has 0 spiro atoms. The van der Waals surface area contributed by atoms with Gasteiger partial charge in [-0.1, -0.05) is 291 Å². The highest BCUT2D eigenvalue weighted by Crippen LogP contribution is 2.41. The number of nitrogens with zero attached hydrogens (tertiary/aromatic N) is 13. The average molecular weight is 1360 g/mol. The molecule has 13 nitrogen and oxygen atoms in total. The van der Waals surface area contributed by atoms with Crippen LogP contribution in [0.15, 0.2) is 358 Å². The van der Waals surface area contributed by atoms with E-state index in [1.807, 2.05) is 206 Å². The van der Waals surface area contributed by atoms with Gasteiger partial charge in [-0.15, -0.1) is 20.4 Å². The molecule has 6 heterocycles. The zero-order chi connectivity index (χ0) is 70.3. The van der Waals surface area contributed by atoms with E-state index in [9.17, 15) is 0 Å². The van der Waals surface area contributed by atoms with Gasteiger partial charge in [-0.05, 0) is 89.0 Å². The van der Waals surface area contributed by atoms with Crippen molar-refractivity contribution < 1.29 is 0 Å². The Morgan fingerprint density at radius 3 is 0.840 bits per heavy atom. The van der Waals surface area contributed by atoms with Crippen molar-refractivity contribution in [1.29, 1.82) is 0 Å². The Bertz CT molecular complexity index is 6110. The quantitative estimate of drug-likeness (QED) is 0.107. The summed E-state index contributed by atoms with van der Waals surface area (Å²) in [6, 6.07) is 122. The molecule has 0 saturated carbocycles. The molecule has 0 aliphatic carbocycles. The third kappa shape index (κ3) is 12.0. The van der Waals surface area contributed by atoms with Crippen LogP contribution in [-0.2, 0) is 0 Å². The van der Waals surface area contributed by atoms with Crippen LogP contribution in [0.25, 0.3) is 190 Å². The second-order valence-electron chi connectivity index (χ2n) is 25.9. The molecule has 14 aromatic carbocycles. The molecule has 0 aliphatic heterocycles.